The van der Waals surface area contributed by atoms with Gasteiger partial charge in [0.05, 0.1) is 10.6 Å². The van der Waals surface area contributed by atoms with Crippen molar-refractivity contribution in [2.24, 2.45) is 0 Å². The third-order valence-electron chi connectivity index (χ3n) is 5.12. The zero-order chi connectivity index (χ0) is 24.7. The highest BCUT2D eigenvalue weighted by atomic mass is 32.2. The number of amides is 1. The maximum atomic E-state index is 13.5. The van der Waals surface area contributed by atoms with Crippen LogP contribution in [0.5, 0.6) is 0 Å². The van der Waals surface area contributed by atoms with E-state index < -0.39 is 28.3 Å². The Labute approximate surface area is 208 Å². The lowest BCUT2D eigenvalue weighted by Gasteiger charge is -2.24. The average Bonchev–Trinajstić information content (AvgIpc) is 2.88. The van der Waals surface area contributed by atoms with Gasteiger partial charge in [-0.1, -0.05) is 48.5 Å². The summed E-state index contributed by atoms with van der Waals surface area (Å²) in [7, 11) is -4.05. The molecule has 0 aliphatic rings. The fourth-order valence-electron chi connectivity index (χ4n) is 3.34. The Morgan fingerprint density at radius 1 is 0.800 bits per heavy atom. The molecule has 35 heavy (non-hydrogen) atoms. The summed E-state index contributed by atoms with van der Waals surface area (Å²) >= 11 is 1.71. The summed E-state index contributed by atoms with van der Waals surface area (Å²) in [4.78, 5) is 14.1. The van der Waals surface area contributed by atoms with Crippen LogP contribution in [0.25, 0.3) is 0 Å². The third kappa shape index (κ3) is 6.49. The SMILES string of the molecule is O=C(CN(c1ccc(F)cc1)S(=O)(=O)c1ccccc1)Nc1ccc(CSc2ccccc2)cc1. The number of nitrogens with zero attached hydrogens (tertiary/aromatic N) is 1. The Morgan fingerprint density at radius 2 is 1.40 bits per heavy atom. The van der Waals surface area contributed by atoms with E-state index in [9.17, 15) is 17.6 Å². The number of sulfonamides is 1. The molecule has 1 amide bonds. The lowest BCUT2D eigenvalue weighted by atomic mass is 10.2. The Morgan fingerprint density at radius 3 is 2.03 bits per heavy atom. The van der Waals surface area contributed by atoms with E-state index in [1.807, 2.05) is 30.3 Å². The van der Waals surface area contributed by atoms with E-state index in [0.29, 0.717) is 5.69 Å². The van der Waals surface area contributed by atoms with E-state index in [1.54, 1.807) is 42.1 Å². The van der Waals surface area contributed by atoms with Crippen LogP contribution in [0.4, 0.5) is 15.8 Å². The lowest BCUT2D eigenvalue weighted by molar-refractivity contribution is -0.114. The van der Waals surface area contributed by atoms with Gasteiger partial charge in [-0.15, -0.1) is 11.8 Å². The van der Waals surface area contributed by atoms with Crippen molar-refractivity contribution >= 4 is 39.1 Å². The molecule has 1 N–H and O–H groups in total. The van der Waals surface area contributed by atoms with Gasteiger partial charge in [-0.05, 0) is 66.2 Å². The predicted octanol–water partition coefficient (Wildman–Crippen LogP) is 5.95. The number of carbonyl (C=O) groups is 1. The minimum atomic E-state index is -4.05. The van der Waals surface area contributed by atoms with Crippen LogP contribution in [-0.4, -0.2) is 20.9 Å². The van der Waals surface area contributed by atoms with E-state index in [2.05, 4.69) is 17.4 Å². The predicted molar refractivity (Wildman–Crippen MR) is 138 cm³/mol. The minimum Gasteiger partial charge on any atom is -0.325 e. The smallest absolute Gasteiger partial charge is 0.264 e. The van der Waals surface area contributed by atoms with E-state index in [4.69, 9.17) is 0 Å². The topological polar surface area (TPSA) is 66.5 Å². The van der Waals surface area contributed by atoms with Gasteiger partial charge in [0.25, 0.3) is 10.0 Å². The second-order valence-corrected chi connectivity index (χ2v) is 10.6. The normalized spacial score (nSPS) is 11.1. The molecule has 0 heterocycles. The number of hydrogen-bond donors (Lipinski definition) is 1. The Bertz CT molecular complexity index is 1360. The first-order chi connectivity index (χ1) is 16.9. The summed E-state index contributed by atoms with van der Waals surface area (Å²) in [6.07, 6.45) is 0. The summed E-state index contributed by atoms with van der Waals surface area (Å²) in [6, 6.07) is 30.3. The molecule has 0 bridgehead atoms. The zero-order valence-electron chi connectivity index (χ0n) is 18.7. The summed E-state index contributed by atoms with van der Waals surface area (Å²) in [5, 5.41) is 2.75. The van der Waals surface area contributed by atoms with Crippen molar-refractivity contribution in [3.8, 4) is 0 Å². The maximum absolute atomic E-state index is 13.5. The molecule has 0 aliphatic carbocycles. The van der Waals surface area contributed by atoms with E-state index in [1.165, 1.54) is 29.2 Å². The molecule has 0 aliphatic heterocycles. The summed E-state index contributed by atoms with van der Waals surface area (Å²) in [5.74, 6) is -0.229. The molecule has 0 atom stereocenters. The van der Waals surface area contributed by atoms with Crippen LogP contribution < -0.4 is 9.62 Å². The number of carbonyl (C=O) groups excluding carboxylic acids is 1. The first kappa shape index (κ1) is 24.5. The van der Waals surface area contributed by atoms with Crippen molar-refractivity contribution in [1.29, 1.82) is 0 Å². The van der Waals surface area contributed by atoms with E-state index in [0.717, 1.165) is 27.8 Å². The molecule has 0 saturated heterocycles. The second kappa shape index (κ2) is 11.2. The number of halogens is 1. The number of benzene rings is 4. The van der Waals surface area contributed by atoms with Crippen LogP contribution in [0.1, 0.15) is 5.56 Å². The fourth-order valence-corrected chi connectivity index (χ4v) is 5.66. The average molecular weight is 507 g/mol. The highest BCUT2D eigenvalue weighted by Crippen LogP contribution is 2.25. The van der Waals surface area contributed by atoms with Crippen LogP contribution in [0.2, 0.25) is 0 Å². The highest BCUT2D eigenvalue weighted by Gasteiger charge is 2.27. The summed E-state index contributed by atoms with van der Waals surface area (Å²) in [5.41, 5.74) is 1.84. The van der Waals surface area contributed by atoms with Crippen molar-refractivity contribution in [3.05, 3.63) is 121 Å². The molecule has 0 aromatic heterocycles. The third-order valence-corrected chi connectivity index (χ3v) is 7.99. The molecule has 0 fully saturated rings. The van der Waals surface area contributed by atoms with Crippen molar-refractivity contribution in [3.63, 3.8) is 0 Å². The number of anilines is 2. The van der Waals surface area contributed by atoms with Gasteiger partial charge in [0.1, 0.15) is 12.4 Å². The van der Waals surface area contributed by atoms with Gasteiger partial charge in [-0.2, -0.15) is 0 Å². The van der Waals surface area contributed by atoms with Crippen LogP contribution in [0.15, 0.2) is 119 Å². The van der Waals surface area contributed by atoms with Gasteiger partial charge in [-0.25, -0.2) is 12.8 Å². The van der Waals surface area contributed by atoms with Crippen molar-refractivity contribution in [2.75, 3.05) is 16.2 Å². The number of thioether (sulfide) groups is 1. The molecule has 0 spiro atoms. The van der Waals surface area contributed by atoms with Gasteiger partial charge < -0.3 is 5.32 Å². The molecular formula is C27H23FN2O3S2. The molecule has 4 rings (SSSR count). The monoisotopic (exact) mass is 506 g/mol. The first-order valence-electron chi connectivity index (χ1n) is 10.8. The molecule has 178 valence electrons. The van der Waals surface area contributed by atoms with Crippen LogP contribution in [-0.2, 0) is 20.6 Å². The molecule has 4 aromatic rings. The van der Waals surface area contributed by atoms with Gasteiger partial charge in [0.2, 0.25) is 5.91 Å². The van der Waals surface area contributed by atoms with Crippen LogP contribution in [0.3, 0.4) is 0 Å². The molecule has 0 saturated carbocycles. The Kier molecular flexibility index (Phi) is 7.84. The van der Waals surface area contributed by atoms with Crippen LogP contribution >= 0.6 is 11.8 Å². The second-order valence-electron chi connectivity index (χ2n) is 7.65. The molecule has 5 nitrogen and oxygen atoms in total. The van der Waals surface area contributed by atoms with Gasteiger partial charge in [0, 0.05) is 16.3 Å². The van der Waals surface area contributed by atoms with Crippen molar-refractivity contribution < 1.29 is 17.6 Å². The summed E-state index contributed by atoms with van der Waals surface area (Å²) in [6.45, 7) is -0.464. The Balaban J connectivity index is 1.46. The van der Waals surface area contributed by atoms with Gasteiger partial charge >= 0.3 is 0 Å². The minimum absolute atomic E-state index is 0.0393. The number of rotatable bonds is 9. The van der Waals surface area contributed by atoms with Gasteiger partial charge in [0.15, 0.2) is 0 Å². The largest absolute Gasteiger partial charge is 0.325 e. The van der Waals surface area contributed by atoms with Crippen molar-refractivity contribution in [1.82, 2.24) is 0 Å². The maximum Gasteiger partial charge on any atom is 0.264 e. The highest BCUT2D eigenvalue weighted by molar-refractivity contribution is 7.98. The molecule has 0 radical (unpaired) electrons. The van der Waals surface area contributed by atoms with E-state index >= 15 is 0 Å². The molecular weight excluding hydrogens is 483 g/mol. The van der Waals surface area contributed by atoms with E-state index in [-0.39, 0.29) is 10.6 Å². The first-order valence-corrected chi connectivity index (χ1v) is 13.2. The van der Waals surface area contributed by atoms with Crippen molar-refractivity contribution in [2.45, 2.75) is 15.5 Å². The van der Waals surface area contributed by atoms with Gasteiger partial charge in [-0.3, -0.25) is 9.10 Å². The lowest BCUT2D eigenvalue weighted by Crippen LogP contribution is -2.38. The number of nitrogens with one attached hydrogen (secondary N) is 1. The Hall–Kier alpha value is -3.62. The molecule has 8 heteroatoms. The molecule has 0 unspecified atom stereocenters. The standard InChI is InChI=1S/C27H23FN2O3S2/c28-22-13-17-24(18-14-22)30(35(32,33)26-9-5-2-6-10-26)19-27(31)29-23-15-11-21(12-16-23)20-34-25-7-3-1-4-8-25/h1-18H,19-20H2,(H,29,31). The van der Waals surface area contributed by atoms with Crippen LogP contribution in [0, 0.1) is 5.82 Å². The number of hydrogen-bond acceptors (Lipinski definition) is 4. The quantitative estimate of drug-likeness (QED) is 0.285. The molecule has 4 aromatic carbocycles. The summed E-state index contributed by atoms with van der Waals surface area (Å²) < 4.78 is 41.0. The zero-order valence-corrected chi connectivity index (χ0v) is 20.3. The fraction of sp³-hybridized carbons (Fsp3) is 0.0741.